The van der Waals surface area contributed by atoms with Gasteiger partial charge in [0, 0.05) is 32.2 Å². The summed E-state index contributed by atoms with van der Waals surface area (Å²) in [5.41, 5.74) is 2.53. The van der Waals surface area contributed by atoms with E-state index in [2.05, 4.69) is 15.6 Å². The Morgan fingerprint density at radius 2 is 2.22 bits per heavy atom. The van der Waals surface area contributed by atoms with Crippen LogP contribution in [-0.4, -0.2) is 36.7 Å². The second-order valence-corrected chi connectivity index (χ2v) is 4.76. The number of amides is 1. The Morgan fingerprint density at radius 1 is 1.39 bits per heavy atom. The lowest BCUT2D eigenvalue weighted by Crippen LogP contribution is -2.33. The zero-order valence-electron chi connectivity index (χ0n) is 10.2. The van der Waals surface area contributed by atoms with Crippen LogP contribution in [0.2, 0.25) is 0 Å². The molecule has 96 valence electrons. The number of fused-ring (bicyclic) bond motifs is 1. The van der Waals surface area contributed by atoms with Crippen molar-refractivity contribution in [1.82, 2.24) is 10.3 Å². The van der Waals surface area contributed by atoms with Crippen LogP contribution in [0.1, 0.15) is 28.9 Å². The fourth-order valence-corrected chi connectivity index (χ4v) is 2.44. The van der Waals surface area contributed by atoms with E-state index in [1.54, 1.807) is 0 Å². The van der Waals surface area contributed by atoms with Crippen molar-refractivity contribution in [2.24, 2.45) is 0 Å². The first-order valence-corrected chi connectivity index (χ1v) is 6.44. The van der Waals surface area contributed by atoms with Gasteiger partial charge in [-0.1, -0.05) is 0 Å². The molecule has 0 aromatic carbocycles. The van der Waals surface area contributed by atoms with Crippen molar-refractivity contribution >= 4 is 11.6 Å². The number of rotatable bonds is 2. The second-order valence-electron chi connectivity index (χ2n) is 4.76. The smallest absolute Gasteiger partial charge is 0.253 e. The number of carbonyl (C=O) groups is 1. The van der Waals surface area contributed by atoms with Crippen LogP contribution < -0.4 is 10.6 Å². The minimum atomic E-state index is -0.0145. The molecule has 0 atom stereocenters. The molecule has 1 fully saturated rings. The van der Waals surface area contributed by atoms with E-state index >= 15 is 0 Å². The summed E-state index contributed by atoms with van der Waals surface area (Å²) in [6, 6.07) is 2.33. The summed E-state index contributed by atoms with van der Waals surface area (Å²) in [6.45, 7) is 2.29. The third kappa shape index (κ3) is 2.31. The molecule has 0 aliphatic carbocycles. The summed E-state index contributed by atoms with van der Waals surface area (Å²) >= 11 is 0. The Morgan fingerprint density at radius 3 is 3.06 bits per heavy atom. The summed E-state index contributed by atoms with van der Waals surface area (Å²) in [5, 5.41) is 6.27. The summed E-state index contributed by atoms with van der Waals surface area (Å²) in [6.07, 6.45) is 4.65. The molecule has 0 spiro atoms. The van der Waals surface area contributed by atoms with Crippen molar-refractivity contribution in [2.45, 2.75) is 25.3 Å². The van der Waals surface area contributed by atoms with Gasteiger partial charge in [0.25, 0.3) is 5.91 Å². The molecule has 0 saturated carbocycles. The lowest BCUT2D eigenvalue weighted by Gasteiger charge is -2.25. The first-order chi connectivity index (χ1) is 8.83. The largest absolute Gasteiger partial charge is 0.381 e. The molecule has 1 amide bonds. The monoisotopic (exact) mass is 247 g/mol. The van der Waals surface area contributed by atoms with Crippen molar-refractivity contribution < 1.29 is 9.53 Å². The fraction of sp³-hybridized carbons (Fsp3) is 0.538. The number of aromatic nitrogens is 1. The SMILES string of the molecule is O=C1NCCc2ncc(NC3CCOCC3)cc21. The fourth-order valence-electron chi connectivity index (χ4n) is 2.44. The Bertz CT molecular complexity index is 456. The molecule has 1 aromatic rings. The average Bonchev–Trinajstić information content (AvgIpc) is 2.41. The van der Waals surface area contributed by atoms with E-state index in [1.165, 1.54) is 0 Å². The summed E-state index contributed by atoms with van der Waals surface area (Å²) < 4.78 is 5.33. The zero-order chi connectivity index (χ0) is 12.4. The van der Waals surface area contributed by atoms with Crippen molar-refractivity contribution in [3.63, 3.8) is 0 Å². The lowest BCUT2D eigenvalue weighted by atomic mass is 10.1. The van der Waals surface area contributed by atoms with Crippen LogP contribution in [0.25, 0.3) is 0 Å². The van der Waals surface area contributed by atoms with Crippen molar-refractivity contribution in [1.29, 1.82) is 0 Å². The number of nitrogens with one attached hydrogen (secondary N) is 2. The highest BCUT2D eigenvalue weighted by atomic mass is 16.5. The molecule has 3 rings (SSSR count). The molecule has 0 bridgehead atoms. The van der Waals surface area contributed by atoms with Gasteiger partial charge in [-0.25, -0.2) is 0 Å². The maximum Gasteiger partial charge on any atom is 0.253 e. The molecule has 5 heteroatoms. The van der Waals surface area contributed by atoms with Gasteiger partial charge in [0.1, 0.15) is 0 Å². The van der Waals surface area contributed by atoms with Gasteiger partial charge in [-0.05, 0) is 18.9 Å². The predicted molar refractivity (Wildman–Crippen MR) is 67.7 cm³/mol. The zero-order valence-corrected chi connectivity index (χ0v) is 10.2. The van der Waals surface area contributed by atoms with Gasteiger partial charge in [-0.3, -0.25) is 9.78 Å². The van der Waals surface area contributed by atoms with Crippen LogP contribution >= 0.6 is 0 Å². The summed E-state index contributed by atoms with van der Waals surface area (Å²) in [4.78, 5) is 16.1. The molecule has 0 unspecified atom stereocenters. The Balaban J connectivity index is 1.76. The number of anilines is 1. The van der Waals surface area contributed by atoms with E-state index in [1.807, 2.05) is 12.3 Å². The van der Waals surface area contributed by atoms with E-state index in [-0.39, 0.29) is 5.91 Å². The minimum absolute atomic E-state index is 0.0145. The van der Waals surface area contributed by atoms with Gasteiger partial charge in [0.2, 0.25) is 0 Å². The second kappa shape index (κ2) is 4.94. The molecule has 18 heavy (non-hydrogen) atoms. The molecule has 1 saturated heterocycles. The van der Waals surface area contributed by atoms with Crippen molar-refractivity contribution in [3.8, 4) is 0 Å². The van der Waals surface area contributed by atoms with Crippen LogP contribution in [0, 0.1) is 0 Å². The molecule has 1 aromatic heterocycles. The van der Waals surface area contributed by atoms with Crippen LogP contribution in [0.4, 0.5) is 5.69 Å². The predicted octanol–water partition coefficient (Wildman–Crippen LogP) is 0.958. The normalized spacial score (nSPS) is 20.1. The van der Waals surface area contributed by atoms with E-state index < -0.39 is 0 Å². The van der Waals surface area contributed by atoms with Crippen LogP contribution in [0.3, 0.4) is 0 Å². The maximum absolute atomic E-state index is 11.7. The maximum atomic E-state index is 11.7. The van der Waals surface area contributed by atoms with Crippen LogP contribution in [0.15, 0.2) is 12.3 Å². The highest BCUT2D eigenvalue weighted by Crippen LogP contribution is 2.19. The van der Waals surface area contributed by atoms with E-state index in [0.717, 1.165) is 43.9 Å². The van der Waals surface area contributed by atoms with E-state index in [4.69, 9.17) is 4.74 Å². The average molecular weight is 247 g/mol. The number of pyridine rings is 1. The molecule has 3 heterocycles. The number of carbonyl (C=O) groups excluding carboxylic acids is 1. The van der Waals surface area contributed by atoms with Crippen LogP contribution in [0.5, 0.6) is 0 Å². The quantitative estimate of drug-likeness (QED) is 0.817. The first-order valence-electron chi connectivity index (χ1n) is 6.44. The number of hydrogen-bond donors (Lipinski definition) is 2. The molecule has 2 aliphatic heterocycles. The van der Waals surface area contributed by atoms with Gasteiger partial charge >= 0.3 is 0 Å². The number of hydrogen-bond acceptors (Lipinski definition) is 4. The Kier molecular flexibility index (Phi) is 3.15. The number of nitrogens with zero attached hydrogens (tertiary/aromatic N) is 1. The first kappa shape index (κ1) is 11.5. The molecule has 2 N–H and O–H groups in total. The van der Waals surface area contributed by atoms with Gasteiger partial charge in [0.15, 0.2) is 0 Å². The minimum Gasteiger partial charge on any atom is -0.381 e. The highest BCUT2D eigenvalue weighted by molar-refractivity contribution is 5.97. The standard InChI is InChI=1S/C13H17N3O2/c17-13-11-7-10(8-15-12(11)1-4-14-13)16-9-2-5-18-6-3-9/h7-9,16H,1-6H2,(H,14,17). The molecule has 5 nitrogen and oxygen atoms in total. The Hall–Kier alpha value is -1.62. The van der Waals surface area contributed by atoms with E-state index in [9.17, 15) is 4.79 Å². The van der Waals surface area contributed by atoms with Gasteiger partial charge in [-0.15, -0.1) is 0 Å². The van der Waals surface area contributed by atoms with Gasteiger partial charge in [-0.2, -0.15) is 0 Å². The van der Waals surface area contributed by atoms with Crippen LogP contribution in [-0.2, 0) is 11.2 Å². The summed E-state index contributed by atoms with van der Waals surface area (Å²) in [5.74, 6) is -0.0145. The van der Waals surface area contributed by atoms with Crippen molar-refractivity contribution in [2.75, 3.05) is 25.1 Å². The van der Waals surface area contributed by atoms with Crippen molar-refractivity contribution in [3.05, 3.63) is 23.5 Å². The lowest BCUT2D eigenvalue weighted by molar-refractivity contribution is 0.0903. The third-order valence-electron chi connectivity index (χ3n) is 3.45. The number of ether oxygens (including phenoxy) is 1. The molecule has 2 aliphatic rings. The molecule has 0 radical (unpaired) electrons. The highest BCUT2D eigenvalue weighted by Gasteiger charge is 2.19. The Labute approximate surface area is 106 Å². The summed E-state index contributed by atoms with van der Waals surface area (Å²) in [7, 11) is 0. The third-order valence-corrected chi connectivity index (χ3v) is 3.45. The van der Waals surface area contributed by atoms with E-state index in [0.29, 0.717) is 18.2 Å². The molecular formula is C13H17N3O2. The molecular weight excluding hydrogens is 230 g/mol. The van der Waals surface area contributed by atoms with Gasteiger partial charge < -0.3 is 15.4 Å². The van der Waals surface area contributed by atoms with Gasteiger partial charge in [0.05, 0.1) is 23.1 Å². The topological polar surface area (TPSA) is 63.2 Å².